The third kappa shape index (κ3) is 1.81. The Kier molecular flexibility index (Phi) is 2.56. The van der Waals surface area contributed by atoms with E-state index in [0.717, 1.165) is 28.3 Å². The van der Waals surface area contributed by atoms with Gasteiger partial charge in [0.25, 0.3) is 0 Å². The third-order valence-corrected chi connectivity index (χ3v) is 3.31. The van der Waals surface area contributed by atoms with Gasteiger partial charge < -0.3 is 4.74 Å². The van der Waals surface area contributed by atoms with Crippen LogP contribution in [0.2, 0.25) is 5.02 Å². The van der Waals surface area contributed by atoms with E-state index in [4.69, 9.17) is 16.3 Å². The number of hydrogen-bond acceptors (Lipinski definition) is 1. The molecule has 0 unspecified atom stereocenters. The molecule has 0 aromatic heterocycles. The summed E-state index contributed by atoms with van der Waals surface area (Å²) in [5, 5.41) is 0.760. The van der Waals surface area contributed by atoms with Gasteiger partial charge in [0, 0.05) is 22.6 Å². The van der Waals surface area contributed by atoms with Crippen LogP contribution in [0.1, 0.15) is 11.1 Å². The van der Waals surface area contributed by atoms with Crippen molar-refractivity contribution in [3.05, 3.63) is 59.2 Å². The van der Waals surface area contributed by atoms with Crippen LogP contribution in [0.3, 0.4) is 0 Å². The van der Waals surface area contributed by atoms with Gasteiger partial charge >= 0.3 is 0 Å². The minimum atomic E-state index is 0.760. The molecule has 1 radical (unpaired) electrons. The van der Waals surface area contributed by atoms with E-state index in [9.17, 15) is 0 Å². The molecule has 0 N–H and O–H groups in total. The maximum atomic E-state index is 6.25. The molecule has 1 nitrogen and oxygen atoms in total. The summed E-state index contributed by atoms with van der Waals surface area (Å²) in [4.78, 5) is 0. The normalized spacial score (nSPS) is 13.3. The summed E-state index contributed by atoms with van der Waals surface area (Å²) in [5.74, 6) is 0.948. The largest absolute Gasteiger partial charge is 0.485 e. The maximum Gasteiger partial charge on any atom is 0.140 e. The van der Waals surface area contributed by atoms with Crippen molar-refractivity contribution in [1.29, 1.82) is 0 Å². The van der Waals surface area contributed by atoms with Gasteiger partial charge in [-0.3, -0.25) is 0 Å². The van der Waals surface area contributed by atoms with Gasteiger partial charge in [-0.25, -0.2) is 0 Å². The van der Waals surface area contributed by atoms with Crippen LogP contribution in [0.5, 0.6) is 5.75 Å². The van der Waals surface area contributed by atoms with E-state index in [0.29, 0.717) is 0 Å². The van der Waals surface area contributed by atoms with E-state index in [2.05, 4.69) is 19.1 Å². The summed E-state index contributed by atoms with van der Waals surface area (Å²) in [6.45, 7) is 3.93. The van der Waals surface area contributed by atoms with Crippen LogP contribution in [0.25, 0.3) is 11.1 Å². The van der Waals surface area contributed by atoms with Crippen molar-refractivity contribution in [3.63, 3.8) is 0 Å². The van der Waals surface area contributed by atoms with Gasteiger partial charge in [-0.05, 0) is 30.2 Å². The van der Waals surface area contributed by atoms with Crippen LogP contribution in [0.15, 0.2) is 36.4 Å². The summed E-state index contributed by atoms with van der Waals surface area (Å²) < 4.78 is 5.61. The molecule has 2 aromatic rings. The van der Waals surface area contributed by atoms with Crippen molar-refractivity contribution < 1.29 is 4.74 Å². The SMILES string of the molecule is Cc1cc2c(c(-c3ccccc3Cl)c1)O[CH]C2. The van der Waals surface area contributed by atoms with Gasteiger partial charge in [0.05, 0.1) is 0 Å². The van der Waals surface area contributed by atoms with Crippen molar-refractivity contribution in [2.75, 3.05) is 0 Å². The Morgan fingerprint density at radius 1 is 1.12 bits per heavy atom. The Morgan fingerprint density at radius 2 is 1.94 bits per heavy atom. The predicted octanol–water partition coefficient (Wildman–Crippen LogP) is 4.41. The van der Waals surface area contributed by atoms with Gasteiger partial charge in [-0.1, -0.05) is 35.9 Å². The molecule has 17 heavy (non-hydrogen) atoms. The average Bonchev–Trinajstić information content (AvgIpc) is 2.76. The summed E-state index contributed by atoms with van der Waals surface area (Å²) in [6.07, 6.45) is 0.870. The van der Waals surface area contributed by atoms with E-state index < -0.39 is 0 Å². The van der Waals surface area contributed by atoms with Crippen LogP contribution >= 0.6 is 11.6 Å². The van der Waals surface area contributed by atoms with E-state index in [1.54, 1.807) is 0 Å². The van der Waals surface area contributed by atoms with E-state index in [-0.39, 0.29) is 0 Å². The number of ether oxygens (including phenoxy) is 1. The van der Waals surface area contributed by atoms with E-state index >= 15 is 0 Å². The molecule has 2 aromatic carbocycles. The Hall–Kier alpha value is -1.47. The number of hydrogen-bond donors (Lipinski definition) is 0. The van der Waals surface area contributed by atoms with Gasteiger partial charge in [-0.2, -0.15) is 0 Å². The van der Waals surface area contributed by atoms with Crippen molar-refractivity contribution in [2.24, 2.45) is 0 Å². The van der Waals surface area contributed by atoms with Crippen molar-refractivity contribution in [3.8, 4) is 16.9 Å². The van der Waals surface area contributed by atoms with E-state index in [1.165, 1.54) is 11.1 Å². The first-order valence-corrected chi connectivity index (χ1v) is 6.00. The summed E-state index contributed by atoms with van der Waals surface area (Å²) in [6, 6.07) is 12.2. The summed E-state index contributed by atoms with van der Waals surface area (Å²) in [7, 11) is 0. The minimum absolute atomic E-state index is 0.760. The Bertz CT molecular complexity index is 575. The van der Waals surface area contributed by atoms with Crippen molar-refractivity contribution >= 4 is 11.6 Å². The highest BCUT2D eigenvalue weighted by Crippen LogP contribution is 2.41. The number of aryl methyl sites for hydroxylation is 1. The zero-order chi connectivity index (χ0) is 11.8. The lowest BCUT2D eigenvalue weighted by molar-refractivity contribution is 0.436. The fourth-order valence-corrected chi connectivity index (χ4v) is 2.47. The van der Waals surface area contributed by atoms with Gasteiger partial charge in [0.2, 0.25) is 0 Å². The summed E-state index contributed by atoms with van der Waals surface area (Å²) in [5.41, 5.74) is 4.58. The van der Waals surface area contributed by atoms with Crippen molar-refractivity contribution in [1.82, 2.24) is 0 Å². The number of rotatable bonds is 1. The molecule has 0 bridgehead atoms. The summed E-state index contributed by atoms with van der Waals surface area (Å²) >= 11 is 6.25. The molecule has 0 aliphatic carbocycles. The fraction of sp³-hybridized carbons (Fsp3) is 0.133. The molecular weight excluding hydrogens is 232 g/mol. The monoisotopic (exact) mass is 243 g/mol. The zero-order valence-corrected chi connectivity index (χ0v) is 10.3. The van der Waals surface area contributed by atoms with Crippen LogP contribution in [0, 0.1) is 13.5 Å². The second kappa shape index (κ2) is 4.08. The Morgan fingerprint density at radius 3 is 2.76 bits per heavy atom. The molecule has 0 saturated carbocycles. The predicted molar refractivity (Wildman–Crippen MR) is 70.3 cm³/mol. The van der Waals surface area contributed by atoms with Gasteiger partial charge in [0.15, 0.2) is 0 Å². The third-order valence-electron chi connectivity index (χ3n) is 2.98. The number of halogens is 1. The molecule has 0 fully saturated rings. The second-order valence-corrected chi connectivity index (χ2v) is 4.68. The Balaban J connectivity index is 2.25. The molecule has 0 amide bonds. The molecule has 0 spiro atoms. The highest BCUT2D eigenvalue weighted by atomic mass is 35.5. The average molecular weight is 244 g/mol. The number of fused-ring (bicyclic) bond motifs is 1. The number of benzene rings is 2. The first-order chi connectivity index (χ1) is 8.25. The molecule has 3 rings (SSSR count). The topological polar surface area (TPSA) is 9.23 Å². The molecular formula is C15H12ClO. The Labute approximate surface area is 106 Å². The van der Waals surface area contributed by atoms with Crippen molar-refractivity contribution in [2.45, 2.75) is 13.3 Å². The van der Waals surface area contributed by atoms with Crippen LogP contribution < -0.4 is 4.74 Å². The standard InChI is InChI=1S/C15H12ClO/c1-10-8-11-6-7-17-15(11)13(9-10)12-4-2-3-5-14(12)16/h2-5,7-9H,6H2,1H3. The second-order valence-electron chi connectivity index (χ2n) is 4.27. The zero-order valence-electron chi connectivity index (χ0n) is 9.53. The molecule has 2 heteroatoms. The molecule has 0 atom stereocenters. The highest BCUT2D eigenvalue weighted by molar-refractivity contribution is 6.33. The first kappa shape index (κ1) is 10.7. The molecule has 1 heterocycles. The van der Waals surface area contributed by atoms with E-state index in [1.807, 2.05) is 30.9 Å². The fourth-order valence-electron chi connectivity index (χ4n) is 2.23. The smallest absolute Gasteiger partial charge is 0.140 e. The van der Waals surface area contributed by atoms with Crippen LogP contribution in [-0.4, -0.2) is 0 Å². The molecule has 1 aliphatic heterocycles. The van der Waals surface area contributed by atoms with Crippen LogP contribution in [-0.2, 0) is 6.42 Å². The molecule has 1 aliphatic rings. The first-order valence-electron chi connectivity index (χ1n) is 5.62. The molecule has 0 saturated heterocycles. The maximum absolute atomic E-state index is 6.25. The van der Waals surface area contributed by atoms with Gasteiger partial charge in [-0.15, -0.1) is 0 Å². The van der Waals surface area contributed by atoms with Crippen LogP contribution in [0.4, 0.5) is 0 Å². The highest BCUT2D eigenvalue weighted by Gasteiger charge is 2.19. The lowest BCUT2D eigenvalue weighted by atomic mass is 9.98. The lowest BCUT2D eigenvalue weighted by Crippen LogP contribution is -1.88. The lowest BCUT2D eigenvalue weighted by Gasteiger charge is -2.11. The molecule has 85 valence electrons. The minimum Gasteiger partial charge on any atom is -0.485 e. The quantitative estimate of drug-likeness (QED) is 0.721. The van der Waals surface area contributed by atoms with Gasteiger partial charge in [0.1, 0.15) is 12.4 Å².